The number of fused-ring (bicyclic) bond motifs is 1. The van der Waals surface area contributed by atoms with Crippen LogP contribution in [0.5, 0.6) is 0 Å². The zero-order valence-electron chi connectivity index (χ0n) is 9.87. The summed E-state index contributed by atoms with van der Waals surface area (Å²) in [5, 5.41) is 9.97. The Morgan fingerprint density at radius 2 is 2.33 bits per heavy atom. The first-order chi connectivity index (χ1) is 8.79. The fraction of sp³-hybridized carbons (Fsp3) is 0.385. The molecule has 1 amide bonds. The average Bonchev–Trinajstić information content (AvgIpc) is 3.03. The number of benzene rings is 1. The van der Waals surface area contributed by atoms with E-state index in [2.05, 4.69) is 4.98 Å². The summed E-state index contributed by atoms with van der Waals surface area (Å²) in [5.41, 5.74) is 0.987. The molecule has 1 fully saturated rings. The summed E-state index contributed by atoms with van der Waals surface area (Å²) in [7, 11) is 0. The number of hydrogen-bond donors (Lipinski definition) is 1. The second-order valence-electron chi connectivity index (χ2n) is 4.42. The van der Waals surface area contributed by atoms with Crippen molar-refractivity contribution in [2.24, 2.45) is 0 Å². The lowest BCUT2D eigenvalue weighted by Crippen LogP contribution is -2.32. The minimum absolute atomic E-state index is 0.0436. The normalized spacial score (nSPS) is 19.6. The summed E-state index contributed by atoms with van der Waals surface area (Å²) in [6, 6.07) is 8.04. The largest absolute Gasteiger partial charge is 0.387 e. The Morgan fingerprint density at radius 1 is 1.50 bits per heavy atom. The van der Waals surface area contributed by atoms with Gasteiger partial charge in [0.15, 0.2) is 0 Å². The minimum atomic E-state index is -0.415. The summed E-state index contributed by atoms with van der Waals surface area (Å²) < 4.78 is 1.15. The number of aliphatic hydroxyl groups is 1. The molecule has 1 aliphatic heterocycles. The predicted molar refractivity (Wildman–Crippen MR) is 70.4 cm³/mol. The van der Waals surface area contributed by atoms with E-state index in [4.69, 9.17) is 5.11 Å². The van der Waals surface area contributed by atoms with E-state index >= 15 is 0 Å². The van der Waals surface area contributed by atoms with Crippen molar-refractivity contribution in [3.63, 3.8) is 0 Å². The average molecular weight is 262 g/mol. The van der Waals surface area contributed by atoms with Crippen LogP contribution in [0.1, 0.15) is 23.9 Å². The molecule has 1 aliphatic rings. The van der Waals surface area contributed by atoms with Crippen LogP contribution in [0.25, 0.3) is 10.2 Å². The van der Waals surface area contributed by atoms with Crippen molar-refractivity contribution in [2.45, 2.75) is 18.9 Å². The van der Waals surface area contributed by atoms with Gasteiger partial charge in [0.2, 0.25) is 5.91 Å². The first-order valence-corrected chi connectivity index (χ1v) is 6.87. The van der Waals surface area contributed by atoms with Crippen molar-refractivity contribution in [1.82, 2.24) is 9.88 Å². The third-order valence-corrected chi connectivity index (χ3v) is 4.44. The summed E-state index contributed by atoms with van der Waals surface area (Å²) in [4.78, 5) is 18.0. The Balaban J connectivity index is 1.95. The highest BCUT2D eigenvalue weighted by Crippen LogP contribution is 2.36. The lowest BCUT2D eigenvalue weighted by molar-refractivity contribution is -0.135. The van der Waals surface area contributed by atoms with E-state index in [0.29, 0.717) is 0 Å². The van der Waals surface area contributed by atoms with Crippen molar-refractivity contribution < 1.29 is 9.90 Å². The third-order valence-electron chi connectivity index (χ3n) is 3.30. The molecule has 1 saturated heterocycles. The van der Waals surface area contributed by atoms with Crippen molar-refractivity contribution >= 4 is 27.5 Å². The van der Waals surface area contributed by atoms with Gasteiger partial charge in [0, 0.05) is 6.54 Å². The SMILES string of the molecule is O=C(CO)N1CCCC1c1nc2ccccc2s1. The van der Waals surface area contributed by atoms with Crippen LogP contribution in [0.3, 0.4) is 0 Å². The molecule has 5 heteroatoms. The summed E-state index contributed by atoms with van der Waals surface area (Å²) >= 11 is 1.64. The van der Waals surface area contributed by atoms with Gasteiger partial charge in [-0.05, 0) is 25.0 Å². The second-order valence-corrected chi connectivity index (χ2v) is 5.49. The fourth-order valence-corrected chi connectivity index (χ4v) is 3.56. The molecule has 18 heavy (non-hydrogen) atoms. The molecule has 1 N–H and O–H groups in total. The molecule has 1 aromatic heterocycles. The van der Waals surface area contributed by atoms with Gasteiger partial charge in [0.1, 0.15) is 11.6 Å². The number of para-hydroxylation sites is 1. The van der Waals surface area contributed by atoms with E-state index in [9.17, 15) is 4.79 Å². The van der Waals surface area contributed by atoms with Gasteiger partial charge >= 0.3 is 0 Å². The molecule has 0 bridgehead atoms. The zero-order valence-corrected chi connectivity index (χ0v) is 10.7. The minimum Gasteiger partial charge on any atom is -0.387 e. The molecule has 94 valence electrons. The molecule has 4 nitrogen and oxygen atoms in total. The molecule has 2 heterocycles. The third kappa shape index (κ3) is 1.89. The highest BCUT2D eigenvalue weighted by molar-refractivity contribution is 7.18. The van der Waals surface area contributed by atoms with Crippen LogP contribution >= 0.6 is 11.3 Å². The van der Waals surface area contributed by atoms with Gasteiger partial charge in [-0.1, -0.05) is 12.1 Å². The lowest BCUT2D eigenvalue weighted by Gasteiger charge is -2.21. The van der Waals surface area contributed by atoms with E-state index < -0.39 is 6.61 Å². The number of aromatic nitrogens is 1. The van der Waals surface area contributed by atoms with Crippen LogP contribution in [0.15, 0.2) is 24.3 Å². The molecule has 0 saturated carbocycles. The van der Waals surface area contributed by atoms with Gasteiger partial charge in [-0.2, -0.15) is 0 Å². The summed E-state index contributed by atoms with van der Waals surface area (Å²) in [5.74, 6) is -0.197. The first kappa shape index (κ1) is 11.6. The van der Waals surface area contributed by atoms with Crippen molar-refractivity contribution in [3.8, 4) is 0 Å². The quantitative estimate of drug-likeness (QED) is 0.900. The number of rotatable bonds is 2. The highest BCUT2D eigenvalue weighted by Gasteiger charge is 2.31. The molecule has 1 unspecified atom stereocenters. The second kappa shape index (κ2) is 4.66. The van der Waals surface area contributed by atoms with E-state index in [1.165, 1.54) is 0 Å². The molecule has 0 spiro atoms. The van der Waals surface area contributed by atoms with E-state index in [1.807, 2.05) is 24.3 Å². The summed E-state index contributed by atoms with van der Waals surface area (Å²) in [6.07, 6.45) is 1.91. The van der Waals surface area contributed by atoms with Crippen LogP contribution in [-0.4, -0.2) is 34.0 Å². The number of likely N-dealkylation sites (tertiary alicyclic amines) is 1. The number of aliphatic hydroxyl groups excluding tert-OH is 1. The van der Waals surface area contributed by atoms with Crippen molar-refractivity contribution in [1.29, 1.82) is 0 Å². The fourth-order valence-electron chi connectivity index (χ4n) is 2.45. The monoisotopic (exact) mass is 262 g/mol. The molecule has 0 radical (unpaired) electrons. The number of hydrogen-bond acceptors (Lipinski definition) is 4. The molecule has 1 atom stereocenters. The zero-order chi connectivity index (χ0) is 12.5. The topological polar surface area (TPSA) is 53.4 Å². The maximum atomic E-state index is 11.7. The maximum absolute atomic E-state index is 11.7. The standard InChI is InChI=1S/C13H14N2O2S/c16-8-12(17)15-7-3-5-10(15)13-14-9-4-1-2-6-11(9)18-13/h1-2,4,6,10,16H,3,5,7-8H2. The van der Waals surface area contributed by atoms with Gasteiger partial charge in [0.25, 0.3) is 0 Å². The van der Waals surface area contributed by atoms with Crippen molar-refractivity contribution in [2.75, 3.05) is 13.2 Å². The van der Waals surface area contributed by atoms with Crippen LogP contribution in [0, 0.1) is 0 Å². The number of amides is 1. The molecule has 1 aromatic carbocycles. The van der Waals surface area contributed by atoms with Crippen LogP contribution in [0.4, 0.5) is 0 Å². The lowest BCUT2D eigenvalue weighted by atomic mass is 10.2. The Kier molecular flexibility index (Phi) is 3.01. The number of nitrogens with zero attached hydrogens (tertiary/aromatic N) is 2. The van der Waals surface area contributed by atoms with Gasteiger partial charge in [0.05, 0.1) is 16.3 Å². The molecular formula is C13H14N2O2S. The van der Waals surface area contributed by atoms with Gasteiger partial charge < -0.3 is 10.0 Å². The number of carbonyl (C=O) groups is 1. The van der Waals surface area contributed by atoms with E-state index in [0.717, 1.165) is 34.6 Å². The number of carbonyl (C=O) groups excluding carboxylic acids is 1. The smallest absolute Gasteiger partial charge is 0.248 e. The van der Waals surface area contributed by atoms with Crippen LogP contribution in [0.2, 0.25) is 0 Å². The van der Waals surface area contributed by atoms with Gasteiger partial charge in [-0.3, -0.25) is 4.79 Å². The van der Waals surface area contributed by atoms with E-state index in [-0.39, 0.29) is 11.9 Å². The highest BCUT2D eigenvalue weighted by atomic mass is 32.1. The van der Waals surface area contributed by atoms with Crippen LogP contribution < -0.4 is 0 Å². The molecular weight excluding hydrogens is 248 g/mol. The van der Waals surface area contributed by atoms with Gasteiger partial charge in [-0.15, -0.1) is 11.3 Å². The van der Waals surface area contributed by atoms with Crippen molar-refractivity contribution in [3.05, 3.63) is 29.3 Å². The Morgan fingerprint density at radius 3 is 3.11 bits per heavy atom. The molecule has 3 rings (SSSR count). The summed E-state index contributed by atoms with van der Waals surface area (Å²) in [6.45, 7) is 0.307. The maximum Gasteiger partial charge on any atom is 0.248 e. The molecule has 0 aliphatic carbocycles. The van der Waals surface area contributed by atoms with E-state index in [1.54, 1.807) is 16.2 Å². The number of thiazole rings is 1. The predicted octanol–water partition coefficient (Wildman–Crippen LogP) is 1.95. The Labute approximate surface area is 109 Å². The van der Waals surface area contributed by atoms with Gasteiger partial charge in [-0.25, -0.2) is 4.98 Å². The molecule has 2 aromatic rings. The Hall–Kier alpha value is -1.46. The Bertz CT molecular complexity index is 548. The first-order valence-electron chi connectivity index (χ1n) is 6.05. The van der Waals surface area contributed by atoms with Crippen LogP contribution in [-0.2, 0) is 4.79 Å².